The van der Waals surface area contributed by atoms with E-state index in [4.69, 9.17) is 0 Å². The predicted molar refractivity (Wildman–Crippen MR) is 86.5 cm³/mol. The Morgan fingerprint density at radius 3 is 2.60 bits per heavy atom. The summed E-state index contributed by atoms with van der Waals surface area (Å²) in [6, 6.07) is 0. The highest BCUT2D eigenvalue weighted by atomic mass is 16.2. The van der Waals surface area contributed by atoms with Crippen LogP contribution in [0.4, 0.5) is 0 Å². The van der Waals surface area contributed by atoms with E-state index in [1.807, 2.05) is 24.8 Å². The van der Waals surface area contributed by atoms with Gasteiger partial charge in [-0.3, -0.25) is 4.79 Å². The van der Waals surface area contributed by atoms with E-state index in [1.54, 1.807) is 0 Å². The summed E-state index contributed by atoms with van der Waals surface area (Å²) in [6.07, 6.45) is 7.81. The average molecular weight is 277 g/mol. The molecular formula is C18H31NO. The summed E-state index contributed by atoms with van der Waals surface area (Å²) in [5.74, 6) is 0.991. The second kappa shape index (κ2) is 7.10. The SMILES string of the molecule is C=CCN(CC1CC1(C)CCC=C(C)C)C(=O)C(C)C. The first-order valence-electron chi connectivity index (χ1n) is 7.83. The van der Waals surface area contributed by atoms with Gasteiger partial charge in [-0.2, -0.15) is 0 Å². The number of carbonyl (C=O) groups is 1. The highest BCUT2D eigenvalue weighted by Crippen LogP contribution is 2.55. The molecule has 114 valence electrons. The zero-order valence-corrected chi connectivity index (χ0v) is 13.9. The molecule has 0 N–H and O–H groups in total. The lowest BCUT2D eigenvalue weighted by Crippen LogP contribution is -2.36. The Balaban J connectivity index is 2.49. The Hall–Kier alpha value is -1.05. The number of nitrogens with zero attached hydrogens (tertiary/aromatic N) is 1. The standard InChI is InChI=1S/C18H31NO/c1-7-11-19(17(20)15(4)5)13-16-12-18(16,6)10-8-9-14(2)3/h7,9,15-16H,1,8,10-13H2,2-6H3. The van der Waals surface area contributed by atoms with Gasteiger partial charge in [0.15, 0.2) is 0 Å². The number of hydrogen-bond acceptors (Lipinski definition) is 1. The summed E-state index contributed by atoms with van der Waals surface area (Å²) >= 11 is 0. The number of amides is 1. The van der Waals surface area contributed by atoms with E-state index in [9.17, 15) is 4.79 Å². The van der Waals surface area contributed by atoms with Gasteiger partial charge < -0.3 is 4.90 Å². The normalized spacial score (nSPS) is 24.4. The van der Waals surface area contributed by atoms with Crippen LogP contribution >= 0.6 is 0 Å². The van der Waals surface area contributed by atoms with Crippen molar-refractivity contribution in [3.63, 3.8) is 0 Å². The van der Waals surface area contributed by atoms with Crippen molar-refractivity contribution in [3.8, 4) is 0 Å². The van der Waals surface area contributed by atoms with Gasteiger partial charge in [-0.25, -0.2) is 0 Å². The lowest BCUT2D eigenvalue weighted by Gasteiger charge is -2.24. The predicted octanol–water partition coefficient (Wildman–Crippen LogP) is 4.43. The van der Waals surface area contributed by atoms with Gasteiger partial charge in [-0.1, -0.05) is 38.5 Å². The van der Waals surface area contributed by atoms with Gasteiger partial charge in [0.05, 0.1) is 0 Å². The maximum Gasteiger partial charge on any atom is 0.225 e. The Morgan fingerprint density at radius 2 is 2.10 bits per heavy atom. The molecule has 2 heteroatoms. The fraction of sp³-hybridized carbons (Fsp3) is 0.722. The molecule has 1 fully saturated rings. The van der Waals surface area contributed by atoms with Crippen LogP contribution < -0.4 is 0 Å². The van der Waals surface area contributed by atoms with Gasteiger partial charge >= 0.3 is 0 Å². The van der Waals surface area contributed by atoms with Gasteiger partial charge in [0.2, 0.25) is 5.91 Å². The van der Waals surface area contributed by atoms with Crippen molar-refractivity contribution in [2.45, 2.75) is 53.9 Å². The molecule has 2 atom stereocenters. The molecule has 0 aromatic heterocycles. The molecule has 0 spiro atoms. The highest BCUT2D eigenvalue weighted by molar-refractivity contribution is 5.78. The number of carbonyl (C=O) groups excluding carboxylic acids is 1. The molecule has 1 aliphatic carbocycles. The zero-order chi connectivity index (χ0) is 15.3. The Morgan fingerprint density at radius 1 is 1.45 bits per heavy atom. The second-order valence-corrected chi connectivity index (χ2v) is 7.06. The molecule has 0 saturated heterocycles. The van der Waals surface area contributed by atoms with Crippen LogP contribution in [0, 0.1) is 17.3 Å². The Kier molecular flexibility index (Phi) is 6.04. The van der Waals surface area contributed by atoms with E-state index in [1.165, 1.54) is 18.4 Å². The summed E-state index contributed by atoms with van der Waals surface area (Å²) in [7, 11) is 0. The molecule has 1 rings (SSSR count). The molecule has 1 aliphatic rings. The largest absolute Gasteiger partial charge is 0.338 e. The molecule has 0 aromatic rings. The van der Waals surface area contributed by atoms with Gasteiger partial charge in [0, 0.05) is 19.0 Å². The van der Waals surface area contributed by atoms with Crippen LogP contribution in [0.25, 0.3) is 0 Å². The maximum absolute atomic E-state index is 12.2. The molecular weight excluding hydrogens is 246 g/mol. The quantitative estimate of drug-likeness (QED) is 0.601. The van der Waals surface area contributed by atoms with Crippen molar-refractivity contribution in [2.75, 3.05) is 13.1 Å². The monoisotopic (exact) mass is 277 g/mol. The number of rotatable bonds is 8. The molecule has 0 heterocycles. The average Bonchev–Trinajstić information content (AvgIpc) is 2.97. The minimum atomic E-state index is 0.0747. The van der Waals surface area contributed by atoms with Crippen molar-refractivity contribution < 1.29 is 4.79 Å². The summed E-state index contributed by atoms with van der Waals surface area (Å²) in [5, 5.41) is 0. The third-order valence-corrected chi connectivity index (χ3v) is 4.40. The zero-order valence-electron chi connectivity index (χ0n) is 13.9. The topological polar surface area (TPSA) is 20.3 Å². The third-order valence-electron chi connectivity index (χ3n) is 4.40. The fourth-order valence-corrected chi connectivity index (χ4v) is 2.83. The smallest absolute Gasteiger partial charge is 0.225 e. The molecule has 0 aliphatic heterocycles. The Bertz CT molecular complexity index is 379. The van der Waals surface area contributed by atoms with Crippen LogP contribution in [0.5, 0.6) is 0 Å². The second-order valence-electron chi connectivity index (χ2n) is 7.06. The van der Waals surface area contributed by atoms with Crippen LogP contribution in [0.15, 0.2) is 24.3 Å². The van der Waals surface area contributed by atoms with E-state index in [0.717, 1.165) is 13.0 Å². The van der Waals surface area contributed by atoms with Gasteiger partial charge in [-0.05, 0) is 44.4 Å². The van der Waals surface area contributed by atoms with Crippen LogP contribution in [0.1, 0.15) is 53.9 Å². The lowest BCUT2D eigenvalue weighted by atomic mass is 9.98. The van der Waals surface area contributed by atoms with Crippen LogP contribution in [-0.2, 0) is 4.79 Å². The van der Waals surface area contributed by atoms with Crippen LogP contribution in [-0.4, -0.2) is 23.9 Å². The van der Waals surface area contributed by atoms with Gasteiger partial charge in [-0.15, -0.1) is 6.58 Å². The number of allylic oxidation sites excluding steroid dienone is 2. The minimum absolute atomic E-state index is 0.0747. The first-order chi connectivity index (χ1) is 9.30. The first-order valence-corrected chi connectivity index (χ1v) is 7.83. The summed E-state index contributed by atoms with van der Waals surface area (Å²) in [4.78, 5) is 14.2. The van der Waals surface area contributed by atoms with Gasteiger partial charge in [0.1, 0.15) is 0 Å². The molecule has 2 unspecified atom stereocenters. The number of hydrogen-bond donors (Lipinski definition) is 0. The lowest BCUT2D eigenvalue weighted by molar-refractivity contribution is -0.134. The molecule has 0 radical (unpaired) electrons. The van der Waals surface area contributed by atoms with E-state index < -0.39 is 0 Å². The van der Waals surface area contributed by atoms with E-state index >= 15 is 0 Å². The molecule has 1 amide bonds. The maximum atomic E-state index is 12.2. The molecule has 2 nitrogen and oxygen atoms in total. The highest BCUT2D eigenvalue weighted by Gasteiger charge is 2.49. The van der Waals surface area contributed by atoms with E-state index in [-0.39, 0.29) is 11.8 Å². The van der Waals surface area contributed by atoms with Crippen molar-refractivity contribution in [2.24, 2.45) is 17.3 Å². The van der Waals surface area contributed by atoms with E-state index in [0.29, 0.717) is 17.9 Å². The van der Waals surface area contributed by atoms with E-state index in [2.05, 4.69) is 33.4 Å². The Labute approximate surface area is 124 Å². The minimum Gasteiger partial charge on any atom is -0.338 e. The van der Waals surface area contributed by atoms with Crippen molar-refractivity contribution in [1.29, 1.82) is 0 Å². The van der Waals surface area contributed by atoms with Crippen molar-refractivity contribution in [3.05, 3.63) is 24.3 Å². The first kappa shape index (κ1) is 17.0. The van der Waals surface area contributed by atoms with Crippen molar-refractivity contribution >= 4 is 5.91 Å². The molecule has 1 saturated carbocycles. The molecule has 0 bridgehead atoms. The third kappa shape index (κ3) is 4.81. The summed E-state index contributed by atoms with van der Waals surface area (Å²) < 4.78 is 0. The van der Waals surface area contributed by atoms with Crippen LogP contribution in [0.3, 0.4) is 0 Å². The molecule has 20 heavy (non-hydrogen) atoms. The summed E-state index contributed by atoms with van der Waals surface area (Å²) in [6.45, 7) is 16.0. The van der Waals surface area contributed by atoms with Crippen LogP contribution in [0.2, 0.25) is 0 Å². The fourth-order valence-electron chi connectivity index (χ4n) is 2.83. The summed E-state index contributed by atoms with van der Waals surface area (Å²) in [5.41, 5.74) is 1.83. The van der Waals surface area contributed by atoms with Crippen molar-refractivity contribution in [1.82, 2.24) is 4.90 Å². The molecule has 0 aromatic carbocycles. The van der Waals surface area contributed by atoms with Gasteiger partial charge in [0.25, 0.3) is 0 Å².